The highest BCUT2D eigenvalue weighted by molar-refractivity contribution is 9.10. The Morgan fingerprint density at radius 3 is 1.72 bits per heavy atom. The largest absolute Gasteiger partial charge is 0.673 e. The molecule has 1 heterocycles. The molecule has 0 spiro atoms. The Kier molecular flexibility index (Phi) is 11.0. The van der Waals surface area contributed by atoms with Gasteiger partial charge in [-0.2, -0.15) is 4.57 Å². The molecule has 0 radical (unpaired) electrons. The van der Waals surface area contributed by atoms with Crippen LogP contribution in [-0.2, 0) is 6.54 Å². The first-order valence-corrected chi connectivity index (χ1v) is 15.0. The fraction of sp³-hybridized carbons (Fsp3) is 0.0882. The Morgan fingerprint density at radius 2 is 1.19 bits per heavy atom. The minimum atomic E-state index is -6.00. The van der Waals surface area contributed by atoms with E-state index in [1.807, 2.05) is 0 Å². The third-order valence-electron chi connectivity index (χ3n) is 6.56. The topological polar surface area (TPSA) is 7.12 Å². The number of nitrogens with zero attached hydrogens (tertiary/aromatic N) is 2. The van der Waals surface area contributed by atoms with Gasteiger partial charge in [-0.3, -0.25) is 0 Å². The fourth-order valence-corrected chi connectivity index (χ4v) is 4.99. The summed E-state index contributed by atoms with van der Waals surface area (Å²) in [4.78, 5) is 2.12. The van der Waals surface area contributed by atoms with Crippen LogP contribution in [0.15, 0.2) is 124 Å². The number of aromatic nitrogens is 1. The van der Waals surface area contributed by atoms with Crippen molar-refractivity contribution in [1.29, 1.82) is 0 Å². The van der Waals surface area contributed by atoms with E-state index >= 15 is 0 Å². The molecule has 0 amide bonds. The molecule has 9 heteroatoms. The summed E-state index contributed by atoms with van der Waals surface area (Å²) in [6.45, 7) is 0.770. The summed E-state index contributed by atoms with van der Waals surface area (Å²) in [7, 11) is -1.87. The van der Waals surface area contributed by atoms with Crippen molar-refractivity contribution in [2.45, 2.75) is 6.54 Å². The Bertz CT molecular complexity index is 1650. The third-order valence-corrected chi connectivity index (χ3v) is 7.61. The molecule has 43 heavy (non-hydrogen) atoms. The standard InChI is InChI=1S/C34H29Br2N2.BF4/c1-37(2)32-19-8-25(9-20-32)10-21-33-22-29(27-11-15-30(35)16-12-27)23-34(28-13-17-31(36)18-14-28)38(33)24-26-6-4-3-5-7-26;2-1(3,4)5/h3-23H,24H2,1-2H3;/q+1;-1. The molecule has 4 aromatic carbocycles. The van der Waals surface area contributed by atoms with Gasteiger partial charge in [-0.25, -0.2) is 0 Å². The van der Waals surface area contributed by atoms with Crippen molar-refractivity contribution in [3.63, 3.8) is 0 Å². The van der Waals surface area contributed by atoms with Crippen molar-refractivity contribution in [2.75, 3.05) is 19.0 Å². The molecule has 0 unspecified atom stereocenters. The van der Waals surface area contributed by atoms with Gasteiger partial charge in [0.25, 0.3) is 0 Å². The van der Waals surface area contributed by atoms with Crippen LogP contribution in [0.5, 0.6) is 0 Å². The molecule has 0 saturated carbocycles. The van der Waals surface area contributed by atoms with Gasteiger partial charge in [0.05, 0.1) is 0 Å². The number of anilines is 1. The van der Waals surface area contributed by atoms with E-state index < -0.39 is 7.25 Å². The van der Waals surface area contributed by atoms with Gasteiger partial charge in [0.2, 0.25) is 11.4 Å². The van der Waals surface area contributed by atoms with E-state index in [4.69, 9.17) is 0 Å². The van der Waals surface area contributed by atoms with Gasteiger partial charge in [-0.05, 0) is 71.3 Å². The molecule has 5 rings (SSSR count). The first-order chi connectivity index (χ1) is 20.5. The van der Waals surface area contributed by atoms with Gasteiger partial charge in [0.15, 0.2) is 6.54 Å². The number of hydrogen-bond donors (Lipinski definition) is 0. The van der Waals surface area contributed by atoms with Crippen molar-refractivity contribution in [1.82, 2.24) is 0 Å². The molecule has 0 aliphatic heterocycles. The molecule has 1 aromatic heterocycles. The molecular weight excluding hydrogens is 683 g/mol. The molecular formula is C34H29BBr2F4N2. The molecule has 2 nitrogen and oxygen atoms in total. The Labute approximate surface area is 266 Å². The Hall–Kier alpha value is -3.69. The maximum absolute atomic E-state index is 9.75. The monoisotopic (exact) mass is 710 g/mol. The molecule has 220 valence electrons. The fourth-order valence-electron chi connectivity index (χ4n) is 4.46. The zero-order valence-corrected chi connectivity index (χ0v) is 26.7. The second-order valence-corrected chi connectivity index (χ2v) is 11.8. The van der Waals surface area contributed by atoms with Crippen LogP contribution in [0, 0.1) is 0 Å². The minimum Gasteiger partial charge on any atom is -0.418 e. The summed E-state index contributed by atoms with van der Waals surface area (Å²) >= 11 is 7.18. The summed E-state index contributed by atoms with van der Waals surface area (Å²) < 4.78 is 43.6. The van der Waals surface area contributed by atoms with Gasteiger partial charge in [0.1, 0.15) is 0 Å². The second-order valence-electron chi connectivity index (χ2n) is 9.95. The summed E-state index contributed by atoms with van der Waals surface area (Å²) in [5.74, 6) is 0. The van der Waals surface area contributed by atoms with E-state index in [0.717, 1.165) is 21.2 Å². The molecule has 0 aliphatic carbocycles. The summed E-state index contributed by atoms with van der Waals surface area (Å²) in [5, 5.41) is 0. The van der Waals surface area contributed by atoms with Crippen LogP contribution in [0.1, 0.15) is 16.8 Å². The molecule has 0 atom stereocenters. The van der Waals surface area contributed by atoms with E-state index in [0.29, 0.717) is 0 Å². The quantitative estimate of drug-likeness (QED) is 0.0926. The van der Waals surface area contributed by atoms with Crippen LogP contribution in [0.3, 0.4) is 0 Å². The van der Waals surface area contributed by atoms with Gasteiger partial charge < -0.3 is 22.2 Å². The van der Waals surface area contributed by atoms with Crippen LogP contribution in [0.2, 0.25) is 0 Å². The SMILES string of the molecule is CN(C)c1ccc(/C=C/c2cc(-c3ccc(Br)cc3)cc(-c3ccc(Br)cc3)[n+]2Cc2ccccc2)cc1.F[B-](F)(F)F. The zero-order chi connectivity index (χ0) is 31.0. The van der Waals surface area contributed by atoms with Gasteiger partial charge >= 0.3 is 7.25 Å². The number of hydrogen-bond acceptors (Lipinski definition) is 1. The summed E-state index contributed by atoms with van der Waals surface area (Å²) in [5.41, 5.74) is 9.47. The van der Waals surface area contributed by atoms with Crippen LogP contribution in [0.4, 0.5) is 23.0 Å². The van der Waals surface area contributed by atoms with E-state index in [1.165, 1.54) is 39.2 Å². The lowest BCUT2D eigenvalue weighted by Gasteiger charge is -2.12. The summed E-state index contributed by atoms with van der Waals surface area (Å²) in [6, 6.07) is 41.0. The Morgan fingerprint density at radius 1 is 0.651 bits per heavy atom. The zero-order valence-electron chi connectivity index (χ0n) is 23.6. The van der Waals surface area contributed by atoms with Crippen molar-refractivity contribution in [3.05, 3.63) is 141 Å². The van der Waals surface area contributed by atoms with E-state index in [9.17, 15) is 17.3 Å². The molecule has 0 aliphatic rings. The number of pyridine rings is 1. The van der Waals surface area contributed by atoms with Crippen molar-refractivity contribution in [3.8, 4) is 22.4 Å². The molecule has 0 N–H and O–H groups in total. The normalized spacial score (nSPS) is 11.3. The van der Waals surface area contributed by atoms with Crippen molar-refractivity contribution >= 4 is 57.0 Å². The van der Waals surface area contributed by atoms with Crippen LogP contribution in [0.25, 0.3) is 34.5 Å². The average Bonchev–Trinajstić information content (AvgIpc) is 2.97. The maximum Gasteiger partial charge on any atom is 0.673 e. The van der Waals surface area contributed by atoms with Crippen molar-refractivity contribution < 1.29 is 21.8 Å². The lowest BCUT2D eigenvalue weighted by atomic mass is 10.0. The van der Waals surface area contributed by atoms with Crippen molar-refractivity contribution in [2.24, 2.45) is 0 Å². The molecule has 0 fully saturated rings. The lowest BCUT2D eigenvalue weighted by molar-refractivity contribution is -0.679. The predicted molar refractivity (Wildman–Crippen MR) is 178 cm³/mol. The van der Waals surface area contributed by atoms with Gasteiger partial charge in [-0.1, -0.05) is 86.5 Å². The molecule has 5 aromatic rings. The molecule has 0 bridgehead atoms. The van der Waals surface area contributed by atoms with Crippen LogP contribution in [-0.4, -0.2) is 21.3 Å². The highest BCUT2D eigenvalue weighted by Gasteiger charge is 2.21. The number of halogens is 6. The van der Waals surface area contributed by atoms with E-state index in [1.54, 1.807) is 0 Å². The first kappa shape index (κ1) is 32.2. The van der Waals surface area contributed by atoms with Crippen LogP contribution < -0.4 is 9.47 Å². The first-order valence-electron chi connectivity index (χ1n) is 13.4. The lowest BCUT2D eigenvalue weighted by Crippen LogP contribution is -2.40. The van der Waals surface area contributed by atoms with Gasteiger partial charge in [0, 0.05) is 58.1 Å². The minimum absolute atomic E-state index is 0.770. The van der Waals surface area contributed by atoms with Crippen LogP contribution >= 0.6 is 31.9 Å². The average molecular weight is 712 g/mol. The molecule has 0 saturated heterocycles. The predicted octanol–water partition coefficient (Wildman–Crippen LogP) is 10.4. The third kappa shape index (κ3) is 9.94. The maximum atomic E-state index is 9.75. The van der Waals surface area contributed by atoms with Gasteiger partial charge in [-0.15, -0.1) is 0 Å². The summed E-state index contributed by atoms with van der Waals surface area (Å²) in [6.07, 6.45) is 4.44. The Balaban J connectivity index is 0.000000782. The number of rotatable bonds is 7. The highest BCUT2D eigenvalue weighted by Crippen LogP contribution is 2.28. The van der Waals surface area contributed by atoms with E-state index in [2.05, 4.69) is 183 Å². The highest BCUT2D eigenvalue weighted by atomic mass is 79.9. The van der Waals surface area contributed by atoms with E-state index in [-0.39, 0.29) is 0 Å². The number of benzene rings is 4. The smallest absolute Gasteiger partial charge is 0.418 e. The second kappa shape index (κ2) is 14.7.